The fraction of sp³-hybridized carbons (Fsp3) is 0.450. The quantitative estimate of drug-likeness (QED) is 0.791. The molecule has 3 aliphatic rings. The third-order valence-electron chi connectivity index (χ3n) is 5.43. The van der Waals surface area contributed by atoms with Gasteiger partial charge in [-0.25, -0.2) is 4.98 Å². The average Bonchev–Trinajstić information content (AvgIpc) is 3.50. The van der Waals surface area contributed by atoms with Crippen LogP contribution in [0.5, 0.6) is 11.5 Å². The normalized spacial score (nSPS) is 19.3. The molecule has 1 aromatic heterocycles. The zero-order chi connectivity index (χ0) is 20.6. The minimum Gasteiger partial charge on any atom is -0.454 e. The molecule has 158 valence electrons. The zero-order valence-electron chi connectivity index (χ0n) is 16.2. The van der Waals surface area contributed by atoms with Gasteiger partial charge in [-0.05, 0) is 18.2 Å². The number of nitrogens with one attached hydrogen (secondary N) is 1. The van der Waals surface area contributed by atoms with Crippen molar-refractivity contribution in [3.63, 3.8) is 0 Å². The van der Waals surface area contributed by atoms with Crippen molar-refractivity contribution in [3.05, 3.63) is 34.8 Å². The number of nitrogens with zero attached hydrogens (tertiary/aromatic N) is 2. The van der Waals surface area contributed by atoms with Gasteiger partial charge in [-0.1, -0.05) is 0 Å². The maximum Gasteiger partial charge on any atom is 0.257 e. The smallest absolute Gasteiger partial charge is 0.257 e. The molecule has 0 bridgehead atoms. The number of aromatic nitrogens is 1. The number of carbonyl (C=O) groups is 2. The van der Waals surface area contributed by atoms with E-state index in [4.69, 9.17) is 18.9 Å². The lowest BCUT2D eigenvalue weighted by atomic mass is 10.0. The summed E-state index contributed by atoms with van der Waals surface area (Å²) in [6, 6.07) is 5.01. The van der Waals surface area contributed by atoms with E-state index in [9.17, 15) is 9.59 Å². The van der Waals surface area contributed by atoms with Crippen molar-refractivity contribution < 1.29 is 28.5 Å². The van der Waals surface area contributed by atoms with Gasteiger partial charge < -0.3 is 23.8 Å². The number of amides is 2. The Bertz CT molecular complexity index is 961. The molecule has 5 rings (SSSR count). The molecule has 9 nitrogen and oxygen atoms in total. The highest BCUT2D eigenvalue weighted by Crippen LogP contribution is 2.33. The highest BCUT2D eigenvalue weighted by Gasteiger charge is 2.40. The molecule has 1 aromatic carbocycles. The van der Waals surface area contributed by atoms with Crippen LogP contribution in [-0.4, -0.2) is 60.6 Å². The van der Waals surface area contributed by atoms with Crippen LogP contribution in [0.2, 0.25) is 0 Å². The van der Waals surface area contributed by atoms with E-state index < -0.39 is 5.79 Å². The number of hydrogen-bond acceptors (Lipinski definition) is 8. The minimum absolute atomic E-state index is 0.0156. The molecule has 0 radical (unpaired) electrons. The Hall–Kier alpha value is -2.69. The first-order chi connectivity index (χ1) is 14.6. The number of hydrogen-bond donors (Lipinski definition) is 1. The molecule has 2 aromatic rings. The number of likely N-dealkylation sites (tertiary alicyclic amines) is 1. The fourth-order valence-electron chi connectivity index (χ4n) is 3.80. The number of benzene rings is 1. The number of thiazole rings is 1. The van der Waals surface area contributed by atoms with Crippen molar-refractivity contribution in [1.82, 2.24) is 9.88 Å². The number of piperidine rings is 1. The van der Waals surface area contributed by atoms with Crippen LogP contribution in [0, 0.1) is 0 Å². The topological polar surface area (TPSA) is 99.2 Å². The monoisotopic (exact) mass is 431 g/mol. The zero-order valence-corrected chi connectivity index (χ0v) is 17.0. The van der Waals surface area contributed by atoms with Gasteiger partial charge in [0.2, 0.25) is 12.7 Å². The summed E-state index contributed by atoms with van der Waals surface area (Å²) in [5.41, 5.74) is 1.09. The lowest BCUT2D eigenvalue weighted by Crippen LogP contribution is -2.47. The molecule has 3 aliphatic heterocycles. The molecule has 0 saturated carbocycles. The number of anilines is 1. The second-order valence-electron chi connectivity index (χ2n) is 7.33. The van der Waals surface area contributed by atoms with E-state index in [1.54, 1.807) is 23.6 Å². The van der Waals surface area contributed by atoms with Crippen LogP contribution >= 0.6 is 11.3 Å². The van der Waals surface area contributed by atoms with Crippen LogP contribution in [-0.2, 0) is 20.7 Å². The molecule has 1 spiro atoms. The minimum atomic E-state index is -0.496. The molecular formula is C20H21N3O6S. The summed E-state index contributed by atoms with van der Waals surface area (Å²) in [6.07, 6.45) is 1.57. The van der Waals surface area contributed by atoms with E-state index in [1.807, 2.05) is 4.90 Å². The van der Waals surface area contributed by atoms with Crippen molar-refractivity contribution in [2.45, 2.75) is 25.0 Å². The van der Waals surface area contributed by atoms with Gasteiger partial charge in [-0.3, -0.25) is 14.9 Å². The van der Waals surface area contributed by atoms with Crippen molar-refractivity contribution in [2.24, 2.45) is 0 Å². The first-order valence-corrected chi connectivity index (χ1v) is 10.7. The lowest BCUT2D eigenvalue weighted by molar-refractivity contribution is -0.187. The Morgan fingerprint density at radius 2 is 1.90 bits per heavy atom. The van der Waals surface area contributed by atoms with Gasteiger partial charge in [0.15, 0.2) is 22.4 Å². The molecule has 10 heteroatoms. The standard InChI is InChI=1S/C20H21N3O6S/c24-17(23-5-3-20(4-6-23)28-7-8-29-20)10-14-11-30-19(21-14)22-18(25)13-1-2-15-16(9-13)27-12-26-15/h1-2,9,11H,3-8,10,12H2,(H,21,22,25). The van der Waals surface area contributed by atoms with Crippen molar-refractivity contribution in [1.29, 1.82) is 0 Å². The van der Waals surface area contributed by atoms with Gasteiger partial charge in [-0.2, -0.15) is 0 Å². The first kappa shape index (κ1) is 19.3. The Morgan fingerprint density at radius 1 is 1.13 bits per heavy atom. The maximum absolute atomic E-state index is 12.6. The molecule has 2 amide bonds. The van der Waals surface area contributed by atoms with Crippen LogP contribution in [0.3, 0.4) is 0 Å². The SMILES string of the molecule is O=C(Nc1nc(CC(=O)N2CCC3(CC2)OCCO3)cs1)c1ccc2c(c1)OCO2. The van der Waals surface area contributed by atoms with Gasteiger partial charge in [0.1, 0.15) is 0 Å². The summed E-state index contributed by atoms with van der Waals surface area (Å²) < 4.78 is 22.0. The molecule has 2 fully saturated rings. The lowest BCUT2D eigenvalue weighted by Gasteiger charge is -2.37. The molecule has 4 heterocycles. The number of rotatable bonds is 4. The predicted octanol–water partition coefficient (Wildman–Crippen LogP) is 2.03. The highest BCUT2D eigenvalue weighted by atomic mass is 32.1. The first-order valence-electron chi connectivity index (χ1n) is 9.81. The van der Waals surface area contributed by atoms with E-state index in [0.717, 1.165) is 0 Å². The summed E-state index contributed by atoms with van der Waals surface area (Å²) in [7, 11) is 0. The summed E-state index contributed by atoms with van der Waals surface area (Å²) in [5.74, 6) is 0.394. The van der Waals surface area contributed by atoms with E-state index in [2.05, 4.69) is 10.3 Å². The predicted molar refractivity (Wildman–Crippen MR) is 107 cm³/mol. The van der Waals surface area contributed by atoms with Crippen LogP contribution in [0.25, 0.3) is 0 Å². The second kappa shape index (κ2) is 7.86. The Balaban J connectivity index is 1.16. The molecule has 0 atom stereocenters. The number of fused-ring (bicyclic) bond motifs is 1. The Morgan fingerprint density at radius 3 is 2.70 bits per heavy atom. The van der Waals surface area contributed by atoms with Gasteiger partial charge in [0, 0.05) is 36.9 Å². The maximum atomic E-state index is 12.6. The third kappa shape index (κ3) is 3.85. The van der Waals surface area contributed by atoms with Crippen molar-refractivity contribution in [3.8, 4) is 11.5 Å². The van der Waals surface area contributed by atoms with E-state index in [1.165, 1.54) is 11.3 Å². The Labute approximate surface area is 176 Å². The van der Waals surface area contributed by atoms with E-state index >= 15 is 0 Å². The number of ether oxygens (including phenoxy) is 4. The summed E-state index contributed by atoms with van der Waals surface area (Å²) >= 11 is 1.29. The molecule has 2 saturated heterocycles. The summed E-state index contributed by atoms with van der Waals surface area (Å²) in [6.45, 7) is 2.61. The third-order valence-corrected chi connectivity index (χ3v) is 6.24. The molecule has 30 heavy (non-hydrogen) atoms. The van der Waals surface area contributed by atoms with Gasteiger partial charge >= 0.3 is 0 Å². The fourth-order valence-corrected chi connectivity index (χ4v) is 4.51. The van der Waals surface area contributed by atoms with Gasteiger partial charge in [0.05, 0.1) is 25.3 Å². The van der Waals surface area contributed by atoms with Crippen LogP contribution in [0.15, 0.2) is 23.6 Å². The van der Waals surface area contributed by atoms with E-state index in [0.29, 0.717) is 67.0 Å². The Kier molecular flexibility index (Phi) is 5.05. The van der Waals surface area contributed by atoms with Crippen molar-refractivity contribution in [2.75, 3.05) is 38.4 Å². The van der Waals surface area contributed by atoms with Crippen molar-refractivity contribution >= 4 is 28.3 Å². The summed E-state index contributed by atoms with van der Waals surface area (Å²) in [4.78, 5) is 31.3. The second-order valence-corrected chi connectivity index (χ2v) is 8.19. The van der Waals surface area contributed by atoms with Gasteiger partial charge in [-0.15, -0.1) is 11.3 Å². The molecule has 1 N–H and O–H groups in total. The van der Waals surface area contributed by atoms with Crippen LogP contribution in [0.4, 0.5) is 5.13 Å². The van der Waals surface area contributed by atoms with Crippen LogP contribution in [0.1, 0.15) is 28.9 Å². The highest BCUT2D eigenvalue weighted by molar-refractivity contribution is 7.14. The van der Waals surface area contributed by atoms with Crippen LogP contribution < -0.4 is 14.8 Å². The van der Waals surface area contributed by atoms with Gasteiger partial charge in [0.25, 0.3) is 5.91 Å². The molecular weight excluding hydrogens is 410 g/mol. The molecule has 0 unspecified atom stereocenters. The average molecular weight is 431 g/mol. The summed E-state index contributed by atoms with van der Waals surface area (Å²) in [5, 5.41) is 5.01. The largest absolute Gasteiger partial charge is 0.454 e. The van der Waals surface area contributed by atoms with E-state index in [-0.39, 0.29) is 25.0 Å². The molecule has 0 aliphatic carbocycles. The number of carbonyl (C=O) groups excluding carboxylic acids is 2.